The minimum atomic E-state index is -1.03. The molecule has 1 aromatic heterocycles. The Bertz CT molecular complexity index is 691. The molecule has 1 saturated carbocycles. The van der Waals surface area contributed by atoms with Gasteiger partial charge in [-0.25, -0.2) is 4.68 Å². The molecule has 0 saturated heterocycles. The average molecular weight is 319 g/mol. The third-order valence-electron chi connectivity index (χ3n) is 5.03. The van der Waals surface area contributed by atoms with Crippen molar-refractivity contribution < 1.29 is 14.7 Å². The van der Waals surface area contributed by atoms with Gasteiger partial charge in [0.15, 0.2) is 0 Å². The van der Waals surface area contributed by atoms with Gasteiger partial charge in [0.25, 0.3) is 5.56 Å². The van der Waals surface area contributed by atoms with Gasteiger partial charge in [0.05, 0.1) is 6.20 Å². The Morgan fingerprint density at radius 3 is 2.70 bits per heavy atom. The molecule has 7 nitrogen and oxygen atoms in total. The number of aromatic nitrogens is 2. The second-order valence-corrected chi connectivity index (χ2v) is 6.45. The number of carbonyl (C=O) groups excluding carboxylic acids is 1. The first kappa shape index (κ1) is 15.7. The third-order valence-corrected chi connectivity index (χ3v) is 5.03. The number of amides is 1. The number of carboxylic acids is 1. The van der Waals surface area contributed by atoms with Crippen LogP contribution in [0.2, 0.25) is 0 Å². The van der Waals surface area contributed by atoms with E-state index in [1.165, 1.54) is 4.68 Å². The second kappa shape index (κ2) is 6.14. The first-order valence-electron chi connectivity index (χ1n) is 8.04. The molecule has 0 aromatic carbocycles. The van der Waals surface area contributed by atoms with Crippen LogP contribution in [0.3, 0.4) is 0 Å². The summed E-state index contributed by atoms with van der Waals surface area (Å²) in [4.78, 5) is 37.9. The summed E-state index contributed by atoms with van der Waals surface area (Å²) in [5.74, 6) is -2.38. The summed E-state index contributed by atoms with van der Waals surface area (Å²) in [6, 6.07) is 0. The molecule has 124 valence electrons. The summed E-state index contributed by atoms with van der Waals surface area (Å²) in [5.41, 5.74) is 1.27. The number of carboxylic acid groups (broad SMARTS) is 1. The van der Waals surface area contributed by atoms with Crippen LogP contribution < -0.4 is 5.56 Å². The summed E-state index contributed by atoms with van der Waals surface area (Å²) in [7, 11) is 1.60. The van der Waals surface area contributed by atoms with Gasteiger partial charge in [0, 0.05) is 31.3 Å². The molecule has 1 unspecified atom stereocenters. The van der Waals surface area contributed by atoms with Crippen molar-refractivity contribution in [1.82, 2.24) is 14.7 Å². The van der Waals surface area contributed by atoms with Gasteiger partial charge >= 0.3 is 5.97 Å². The number of rotatable bonds is 3. The summed E-state index contributed by atoms with van der Waals surface area (Å²) in [6.07, 6.45) is 5.63. The Kier molecular flexibility index (Phi) is 4.19. The van der Waals surface area contributed by atoms with E-state index < -0.39 is 11.9 Å². The molecular weight excluding hydrogens is 298 g/mol. The van der Waals surface area contributed by atoms with Crippen LogP contribution >= 0.6 is 0 Å². The van der Waals surface area contributed by atoms with Gasteiger partial charge in [-0.3, -0.25) is 14.4 Å². The fraction of sp³-hybridized carbons (Fsp3) is 0.625. The van der Waals surface area contributed by atoms with Crippen molar-refractivity contribution in [3.8, 4) is 0 Å². The lowest BCUT2D eigenvalue weighted by atomic mass is 9.88. The van der Waals surface area contributed by atoms with Crippen LogP contribution in [0, 0.1) is 11.8 Å². The van der Waals surface area contributed by atoms with Crippen LogP contribution in [0.1, 0.15) is 36.8 Å². The summed E-state index contributed by atoms with van der Waals surface area (Å²) in [5, 5.41) is 13.5. The molecule has 1 aromatic rings. The van der Waals surface area contributed by atoms with Crippen molar-refractivity contribution in [2.45, 2.75) is 38.6 Å². The topological polar surface area (TPSA) is 92.5 Å². The number of aliphatic carboxylic acids is 1. The standard InChI is InChI=1S/C16H21N3O4/c1-18-14(20)12-6-7-19(9-11(12)8-17-18)15(21)13(16(22)23)10-4-2-3-5-10/h8,10,13H,2-7,9H2,1H3,(H,22,23). The van der Waals surface area contributed by atoms with E-state index in [2.05, 4.69) is 5.10 Å². The molecule has 7 heteroatoms. The molecule has 2 aliphatic rings. The smallest absolute Gasteiger partial charge is 0.316 e. The third kappa shape index (κ3) is 2.87. The number of fused-ring (bicyclic) bond motifs is 1. The molecule has 1 N–H and O–H groups in total. The van der Waals surface area contributed by atoms with Gasteiger partial charge in [-0.05, 0) is 25.2 Å². The van der Waals surface area contributed by atoms with Gasteiger partial charge < -0.3 is 10.0 Å². The minimum absolute atomic E-state index is 0.0665. The van der Waals surface area contributed by atoms with Crippen molar-refractivity contribution in [3.05, 3.63) is 27.7 Å². The maximum Gasteiger partial charge on any atom is 0.316 e. The first-order chi connectivity index (χ1) is 11.0. The van der Waals surface area contributed by atoms with Crippen molar-refractivity contribution in [1.29, 1.82) is 0 Å². The van der Waals surface area contributed by atoms with Gasteiger partial charge in [0.1, 0.15) is 5.92 Å². The van der Waals surface area contributed by atoms with Crippen LogP contribution in [0.15, 0.2) is 11.0 Å². The summed E-state index contributed by atoms with van der Waals surface area (Å²) >= 11 is 0. The molecular formula is C16H21N3O4. The fourth-order valence-corrected chi connectivity index (χ4v) is 3.74. The fourth-order valence-electron chi connectivity index (χ4n) is 3.74. The van der Waals surface area contributed by atoms with Gasteiger partial charge in [-0.2, -0.15) is 5.10 Å². The van der Waals surface area contributed by atoms with Gasteiger partial charge in [0.2, 0.25) is 5.91 Å². The Morgan fingerprint density at radius 1 is 1.35 bits per heavy atom. The van der Waals surface area contributed by atoms with Crippen molar-refractivity contribution >= 4 is 11.9 Å². The predicted octanol–water partition coefficient (Wildman–Crippen LogP) is 0.556. The lowest BCUT2D eigenvalue weighted by Crippen LogP contribution is -2.46. The quantitative estimate of drug-likeness (QED) is 0.822. The molecule has 1 amide bonds. The zero-order chi connectivity index (χ0) is 16.6. The van der Waals surface area contributed by atoms with Gasteiger partial charge in [-0.1, -0.05) is 12.8 Å². The highest BCUT2D eigenvalue weighted by molar-refractivity contribution is 5.97. The van der Waals surface area contributed by atoms with Crippen molar-refractivity contribution in [2.24, 2.45) is 18.9 Å². The van der Waals surface area contributed by atoms with Crippen LogP contribution in [-0.2, 0) is 29.6 Å². The van der Waals surface area contributed by atoms with E-state index in [1.807, 2.05) is 0 Å². The SMILES string of the molecule is Cn1ncc2c(c1=O)CCN(C(=O)C(C(=O)O)C1CCCC1)C2. The van der Waals surface area contributed by atoms with Crippen LogP contribution in [0.5, 0.6) is 0 Å². The van der Waals surface area contributed by atoms with Crippen LogP contribution in [-0.4, -0.2) is 38.2 Å². The predicted molar refractivity (Wildman–Crippen MR) is 81.7 cm³/mol. The van der Waals surface area contributed by atoms with Crippen LogP contribution in [0.4, 0.5) is 0 Å². The lowest BCUT2D eigenvalue weighted by Gasteiger charge is -2.31. The monoisotopic (exact) mass is 319 g/mol. The number of carbonyl (C=O) groups is 2. The van der Waals surface area contributed by atoms with Crippen molar-refractivity contribution in [3.63, 3.8) is 0 Å². The van der Waals surface area contributed by atoms with Crippen LogP contribution in [0.25, 0.3) is 0 Å². The molecule has 1 atom stereocenters. The highest BCUT2D eigenvalue weighted by Gasteiger charge is 2.39. The molecule has 1 fully saturated rings. The first-order valence-corrected chi connectivity index (χ1v) is 8.04. The maximum atomic E-state index is 12.7. The molecule has 0 bridgehead atoms. The van der Waals surface area contributed by atoms with E-state index in [9.17, 15) is 19.5 Å². The summed E-state index contributed by atoms with van der Waals surface area (Å²) in [6.45, 7) is 0.662. The van der Waals surface area contributed by atoms with E-state index in [4.69, 9.17) is 0 Å². The van der Waals surface area contributed by atoms with E-state index in [0.29, 0.717) is 18.5 Å². The van der Waals surface area contributed by atoms with Crippen molar-refractivity contribution in [2.75, 3.05) is 6.54 Å². The van der Waals surface area contributed by atoms with E-state index in [1.54, 1.807) is 18.1 Å². The Hall–Kier alpha value is -2.18. The Labute approximate surface area is 133 Å². The van der Waals surface area contributed by atoms with E-state index in [0.717, 1.165) is 31.2 Å². The zero-order valence-corrected chi connectivity index (χ0v) is 13.2. The highest BCUT2D eigenvalue weighted by Crippen LogP contribution is 2.33. The van der Waals surface area contributed by atoms with Gasteiger partial charge in [-0.15, -0.1) is 0 Å². The normalized spacial score (nSPS) is 19.4. The number of hydrogen-bond acceptors (Lipinski definition) is 4. The summed E-state index contributed by atoms with van der Waals surface area (Å²) < 4.78 is 1.29. The molecule has 2 heterocycles. The number of hydrogen-bond donors (Lipinski definition) is 1. The van der Waals surface area contributed by atoms with E-state index >= 15 is 0 Å². The molecule has 1 aliphatic carbocycles. The Morgan fingerprint density at radius 2 is 2.04 bits per heavy atom. The Balaban J connectivity index is 1.81. The zero-order valence-electron chi connectivity index (χ0n) is 13.2. The van der Waals surface area contributed by atoms with E-state index in [-0.39, 0.29) is 23.9 Å². The molecule has 1 aliphatic heterocycles. The number of nitrogens with zero attached hydrogens (tertiary/aromatic N) is 3. The average Bonchev–Trinajstić information content (AvgIpc) is 3.04. The molecule has 23 heavy (non-hydrogen) atoms. The lowest BCUT2D eigenvalue weighted by molar-refractivity contribution is -0.154. The molecule has 0 radical (unpaired) electrons. The maximum absolute atomic E-state index is 12.7. The molecule has 0 spiro atoms. The molecule has 3 rings (SSSR count). The number of aryl methyl sites for hydroxylation is 1. The largest absolute Gasteiger partial charge is 0.481 e. The minimum Gasteiger partial charge on any atom is -0.481 e. The highest BCUT2D eigenvalue weighted by atomic mass is 16.4. The second-order valence-electron chi connectivity index (χ2n) is 6.45.